The van der Waals surface area contributed by atoms with Crippen LogP contribution in [0, 0.1) is 0 Å². The van der Waals surface area contributed by atoms with Gasteiger partial charge in [-0.2, -0.15) is 0 Å². The van der Waals surface area contributed by atoms with Crippen LogP contribution in [0.1, 0.15) is 19.3 Å². The molecule has 15 heavy (non-hydrogen) atoms. The SMILES string of the molecule is COC(=O)C1(CO)CCCC(=O)N1OC. The summed E-state index contributed by atoms with van der Waals surface area (Å²) >= 11 is 0. The van der Waals surface area contributed by atoms with Gasteiger partial charge in [0.1, 0.15) is 0 Å². The first kappa shape index (κ1) is 11.9. The summed E-state index contributed by atoms with van der Waals surface area (Å²) in [6.45, 7) is -0.501. The minimum atomic E-state index is -1.38. The number of nitrogens with zero attached hydrogens (tertiary/aromatic N) is 1. The second-order valence-electron chi connectivity index (χ2n) is 3.41. The second-order valence-corrected chi connectivity index (χ2v) is 3.41. The van der Waals surface area contributed by atoms with Crippen LogP contribution in [-0.4, -0.2) is 48.4 Å². The molecule has 1 N–H and O–H groups in total. The molecule has 0 radical (unpaired) electrons. The van der Waals surface area contributed by atoms with Gasteiger partial charge in [-0.15, -0.1) is 0 Å². The number of hydroxylamine groups is 2. The molecule has 0 saturated carbocycles. The van der Waals surface area contributed by atoms with Gasteiger partial charge in [0.2, 0.25) is 5.91 Å². The predicted molar refractivity (Wildman–Crippen MR) is 49.5 cm³/mol. The van der Waals surface area contributed by atoms with Gasteiger partial charge in [-0.3, -0.25) is 9.63 Å². The number of hydrogen-bond donors (Lipinski definition) is 1. The van der Waals surface area contributed by atoms with E-state index in [-0.39, 0.29) is 5.91 Å². The maximum atomic E-state index is 11.6. The zero-order valence-electron chi connectivity index (χ0n) is 8.86. The van der Waals surface area contributed by atoms with E-state index >= 15 is 0 Å². The summed E-state index contributed by atoms with van der Waals surface area (Å²) in [5, 5.41) is 10.2. The number of aliphatic hydroxyl groups is 1. The van der Waals surface area contributed by atoms with Gasteiger partial charge in [0.15, 0.2) is 5.54 Å². The molecule has 0 bridgehead atoms. The summed E-state index contributed by atoms with van der Waals surface area (Å²) in [4.78, 5) is 27.9. The zero-order chi connectivity index (χ0) is 11.5. The molecule has 6 nitrogen and oxygen atoms in total. The van der Waals surface area contributed by atoms with Crippen LogP contribution in [-0.2, 0) is 19.2 Å². The second kappa shape index (κ2) is 4.59. The highest BCUT2D eigenvalue weighted by atomic mass is 16.7. The summed E-state index contributed by atoms with van der Waals surface area (Å²) in [7, 11) is 2.50. The Balaban J connectivity index is 3.02. The number of esters is 1. The standard InChI is InChI=1S/C9H15NO5/c1-14-8(13)9(6-11)5-3-4-7(12)10(9)15-2/h11H,3-6H2,1-2H3. The van der Waals surface area contributed by atoms with Crippen molar-refractivity contribution in [2.45, 2.75) is 24.8 Å². The van der Waals surface area contributed by atoms with E-state index in [1.165, 1.54) is 14.2 Å². The molecular formula is C9H15NO5. The lowest BCUT2D eigenvalue weighted by atomic mass is 9.89. The van der Waals surface area contributed by atoms with Crippen molar-refractivity contribution in [3.8, 4) is 0 Å². The first-order valence-electron chi connectivity index (χ1n) is 4.69. The van der Waals surface area contributed by atoms with E-state index in [4.69, 9.17) is 4.84 Å². The molecule has 1 rings (SSSR count). The van der Waals surface area contributed by atoms with Crippen molar-refractivity contribution in [3.05, 3.63) is 0 Å². The van der Waals surface area contributed by atoms with Gasteiger partial charge in [0.05, 0.1) is 20.8 Å². The molecule has 0 spiro atoms. The van der Waals surface area contributed by atoms with E-state index in [1.807, 2.05) is 0 Å². The Labute approximate surface area is 87.7 Å². The number of carbonyl (C=O) groups is 2. The van der Waals surface area contributed by atoms with Crippen LogP contribution in [0.4, 0.5) is 0 Å². The predicted octanol–water partition coefficient (Wildman–Crippen LogP) is -0.536. The molecule has 1 amide bonds. The number of aliphatic hydroxyl groups excluding tert-OH is 1. The molecule has 0 aromatic heterocycles. The number of amides is 1. The molecule has 0 aromatic carbocycles. The van der Waals surface area contributed by atoms with E-state index in [0.717, 1.165) is 5.06 Å². The Hall–Kier alpha value is -1.14. The number of ether oxygens (including phenoxy) is 1. The van der Waals surface area contributed by atoms with Crippen LogP contribution < -0.4 is 0 Å². The molecular weight excluding hydrogens is 202 g/mol. The Morgan fingerprint density at radius 2 is 2.27 bits per heavy atom. The van der Waals surface area contributed by atoms with E-state index in [2.05, 4.69) is 4.74 Å². The zero-order valence-corrected chi connectivity index (χ0v) is 8.86. The van der Waals surface area contributed by atoms with Crippen molar-refractivity contribution in [2.24, 2.45) is 0 Å². The molecule has 6 heteroatoms. The third-order valence-corrected chi connectivity index (χ3v) is 2.61. The maximum absolute atomic E-state index is 11.6. The van der Waals surface area contributed by atoms with E-state index in [1.54, 1.807) is 0 Å². The average Bonchev–Trinajstić information content (AvgIpc) is 2.27. The fraction of sp³-hybridized carbons (Fsp3) is 0.778. The first-order chi connectivity index (χ1) is 7.12. The van der Waals surface area contributed by atoms with Gasteiger partial charge in [-0.05, 0) is 12.8 Å². The van der Waals surface area contributed by atoms with Crippen LogP contribution in [0.2, 0.25) is 0 Å². The highest BCUT2D eigenvalue weighted by molar-refractivity contribution is 5.88. The average molecular weight is 217 g/mol. The van der Waals surface area contributed by atoms with Crippen LogP contribution in [0.5, 0.6) is 0 Å². The van der Waals surface area contributed by atoms with Gasteiger partial charge >= 0.3 is 5.97 Å². The minimum Gasteiger partial charge on any atom is -0.467 e. The summed E-state index contributed by atoms with van der Waals surface area (Å²) < 4.78 is 4.59. The van der Waals surface area contributed by atoms with Crippen molar-refractivity contribution >= 4 is 11.9 Å². The fourth-order valence-electron chi connectivity index (χ4n) is 1.83. The van der Waals surface area contributed by atoms with Gasteiger partial charge in [0, 0.05) is 6.42 Å². The third kappa shape index (κ3) is 1.82. The van der Waals surface area contributed by atoms with Crippen molar-refractivity contribution in [1.82, 2.24) is 5.06 Å². The molecule has 1 aliphatic rings. The van der Waals surface area contributed by atoms with Gasteiger partial charge in [-0.1, -0.05) is 0 Å². The van der Waals surface area contributed by atoms with Crippen LogP contribution in [0.3, 0.4) is 0 Å². The van der Waals surface area contributed by atoms with Crippen molar-refractivity contribution < 1.29 is 24.3 Å². The monoisotopic (exact) mass is 217 g/mol. The highest BCUT2D eigenvalue weighted by Gasteiger charge is 2.50. The number of methoxy groups -OCH3 is 1. The van der Waals surface area contributed by atoms with Crippen molar-refractivity contribution in [2.75, 3.05) is 20.8 Å². The number of piperidine rings is 1. The summed E-state index contributed by atoms with van der Waals surface area (Å²) in [5.41, 5.74) is -1.38. The number of hydrogen-bond acceptors (Lipinski definition) is 5. The fourth-order valence-corrected chi connectivity index (χ4v) is 1.83. The molecule has 1 heterocycles. The smallest absolute Gasteiger partial charge is 0.336 e. The normalized spacial score (nSPS) is 26.6. The maximum Gasteiger partial charge on any atom is 0.336 e. The minimum absolute atomic E-state index is 0.312. The van der Waals surface area contributed by atoms with Gasteiger partial charge in [-0.25, -0.2) is 9.86 Å². The van der Waals surface area contributed by atoms with Gasteiger partial charge < -0.3 is 9.84 Å². The van der Waals surface area contributed by atoms with E-state index < -0.39 is 18.1 Å². The van der Waals surface area contributed by atoms with Crippen molar-refractivity contribution in [3.63, 3.8) is 0 Å². The lowest BCUT2D eigenvalue weighted by Gasteiger charge is -2.41. The Morgan fingerprint density at radius 1 is 1.60 bits per heavy atom. The number of rotatable bonds is 3. The van der Waals surface area contributed by atoms with Crippen LogP contribution in [0.25, 0.3) is 0 Å². The van der Waals surface area contributed by atoms with Gasteiger partial charge in [0.25, 0.3) is 0 Å². The molecule has 1 unspecified atom stereocenters. The molecule has 1 aliphatic heterocycles. The third-order valence-electron chi connectivity index (χ3n) is 2.61. The highest BCUT2D eigenvalue weighted by Crippen LogP contribution is 2.29. The molecule has 1 atom stereocenters. The van der Waals surface area contributed by atoms with Crippen LogP contribution in [0.15, 0.2) is 0 Å². The summed E-state index contributed by atoms with van der Waals surface area (Å²) in [6.07, 6.45) is 1.19. The quantitative estimate of drug-likeness (QED) is 0.643. The summed E-state index contributed by atoms with van der Waals surface area (Å²) in [6, 6.07) is 0. The Bertz CT molecular complexity index is 267. The van der Waals surface area contributed by atoms with E-state index in [9.17, 15) is 14.7 Å². The van der Waals surface area contributed by atoms with Crippen molar-refractivity contribution in [1.29, 1.82) is 0 Å². The molecule has 1 fully saturated rings. The molecule has 86 valence electrons. The topological polar surface area (TPSA) is 76.1 Å². The van der Waals surface area contributed by atoms with Crippen LogP contribution >= 0.6 is 0 Å². The first-order valence-corrected chi connectivity index (χ1v) is 4.69. The Kier molecular flexibility index (Phi) is 3.65. The summed E-state index contributed by atoms with van der Waals surface area (Å²) in [5.74, 6) is -0.969. The molecule has 1 saturated heterocycles. The lowest BCUT2D eigenvalue weighted by molar-refractivity contribution is -0.232. The lowest BCUT2D eigenvalue weighted by Crippen LogP contribution is -2.61. The largest absolute Gasteiger partial charge is 0.467 e. The number of carbonyl (C=O) groups excluding carboxylic acids is 2. The molecule has 0 aromatic rings. The van der Waals surface area contributed by atoms with E-state index in [0.29, 0.717) is 19.3 Å². The Morgan fingerprint density at radius 3 is 2.73 bits per heavy atom. The molecule has 0 aliphatic carbocycles.